The van der Waals surface area contributed by atoms with Gasteiger partial charge in [-0.25, -0.2) is 9.48 Å². The average Bonchev–Trinajstić information content (AvgIpc) is 2.94. The molecule has 3 rings (SSSR count). The summed E-state index contributed by atoms with van der Waals surface area (Å²) in [6.07, 6.45) is 7.43. The van der Waals surface area contributed by atoms with E-state index in [1.165, 1.54) is 0 Å². The predicted molar refractivity (Wildman–Crippen MR) is 93.3 cm³/mol. The van der Waals surface area contributed by atoms with Gasteiger partial charge in [-0.15, -0.1) is 5.10 Å². The van der Waals surface area contributed by atoms with E-state index in [9.17, 15) is 4.79 Å². The highest BCUT2D eigenvalue weighted by molar-refractivity contribution is 5.88. The van der Waals surface area contributed by atoms with E-state index < -0.39 is 0 Å². The lowest BCUT2D eigenvalue weighted by Crippen LogP contribution is -2.38. The van der Waals surface area contributed by atoms with E-state index >= 15 is 0 Å². The Morgan fingerprint density at radius 2 is 2.00 bits per heavy atom. The molecule has 2 amide bonds. The van der Waals surface area contributed by atoms with E-state index in [1.54, 1.807) is 23.1 Å². The van der Waals surface area contributed by atoms with Gasteiger partial charge in [-0.2, -0.15) is 0 Å². The fourth-order valence-corrected chi connectivity index (χ4v) is 2.93. The summed E-state index contributed by atoms with van der Waals surface area (Å²) >= 11 is 0. The molecule has 24 heavy (non-hydrogen) atoms. The second-order valence-corrected chi connectivity index (χ2v) is 5.96. The highest BCUT2D eigenvalue weighted by Crippen LogP contribution is 2.11. The van der Waals surface area contributed by atoms with Gasteiger partial charge in [-0.05, 0) is 38.1 Å². The third-order valence-electron chi connectivity index (χ3n) is 4.17. The van der Waals surface area contributed by atoms with Crippen LogP contribution in [0, 0.1) is 0 Å². The van der Waals surface area contributed by atoms with Gasteiger partial charge in [0.15, 0.2) is 5.82 Å². The Hall–Kier alpha value is -2.41. The third kappa shape index (κ3) is 4.11. The molecule has 7 nitrogen and oxygen atoms in total. The van der Waals surface area contributed by atoms with E-state index in [0.29, 0.717) is 5.82 Å². The number of anilines is 1. The number of carbonyl (C=O) groups is 1. The lowest BCUT2D eigenvalue weighted by atomic mass is 10.3. The molecule has 1 fully saturated rings. The zero-order valence-electron chi connectivity index (χ0n) is 14.1. The molecule has 0 atom stereocenters. The van der Waals surface area contributed by atoms with Crippen molar-refractivity contribution in [2.75, 3.05) is 38.0 Å². The Morgan fingerprint density at radius 1 is 1.17 bits per heavy atom. The maximum atomic E-state index is 12.5. The van der Waals surface area contributed by atoms with Crippen LogP contribution in [0.3, 0.4) is 0 Å². The summed E-state index contributed by atoms with van der Waals surface area (Å²) in [7, 11) is 0. The zero-order valence-corrected chi connectivity index (χ0v) is 14.1. The molecular formula is C17H24N6O. The first kappa shape index (κ1) is 16.4. The maximum Gasteiger partial charge on any atom is 0.323 e. The quantitative estimate of drug-likeness (QED) is 0.934. The molecule has 0 aromatic carbocycles. The van der Waals surface area contributed by atoms with Crippen molar-refractivity contribution in [2.24, 2.45) is 0 Å². The van der Waals surface area contributed by atoms with E-state index in [0.717, 1.165) is 51.3 Å². The standard InChI is InChI=1S/C17H24N6O/c1-2-9-21-10-3-11-22(14-13-21)17(24)19-16-6-12-23(20-16)15-4-7-18-8-5-15/h4-8,12H,2-3,9-11,13-14H2,1H3,(H,19,20,24). The molecule has 0 aliphatic carbocycles. The Balaban J connectivity index is 1.58. The fourth-order valence-electron chi connectivity index (χ4n) is 2.93. The molecule has 0 bridgehead atoms. The number of hydrogen-bond acceptors (Lipinski definition) is 4. The van der Waals surface area contributed by atoms with Crippen LogP contribution in [-0.2, 0) is 0 Å². The van der Waals surface area contributed by atoms with Crippen molar-refractivity contribution in [3.63, 3.8) is 0 Å². The minimum atomic E-state index is -0.0756. The second-order valence-electron chi connectivity index (χ2n) is 5.96. The number of nitrogens with zero attached hydrogens (tertiary/aromatic N) is 5. The molecule has 2 aromatic heterocycles. The van der Waals surface area contributed by atoms with Crippen molar-refractivity contribution in [3.05, 3.63) is 36.8 Å². The van der Waals surface area contributed by atoms with Gasteiger partial charge < -0.3 is 9.80 Å². The van der Waals surface area contributed by atoms with E-state index in [-0.39, 0.29) is 6.03 Å². The Kier molecular flexibility index (Phi) is 5.43. The highest BCUT2D eigenvalue weighted by atomic mass is 16.2. The Morgan fingerprint density at radius 3 is 2.79 bits per heavy atom. The van der Waals surface area contributed by atoms with Crippen LogP contribution in [0.15, 0.2) is 36.8 Å². The van der Waals surface area contributed by atoms with Crippen LogP contribution >= 0.6 is 0 Å². The average molecular weight is 328 g/mol. The summed E-state index contributed by atoms with van der Waals surface area (Å²) in [6, 6.07) is 5.47. The number of amides is 2. The smallest absolute Gasteiger partial charge is 0.323 e. The molecular weight excluding hydrogens is 304 g/mol. The van der Waals surface area contributed by atoms with Crippen molar-refractivity contribution in [1.29, 1.82) is 0 Å². The molecule has 0 spiro atoms. The Bertz CT molecular complexity index is 656. The van der Waals surface area contributed by atoms with Gasteiger partial charge in [0.05, 0.1) is 5.69 Å². The first-order valence-corrected chi connectivity index (χ1v) is 8.50. The molecule has 0 radical (unpaired) electrons. The summed E-state index contributed by atoms with van der Waals surface area (Å²) in [6.45, 7) is 6.84. The summed E-state index contributed by atoms with van der Waals surface area (Å²) < 4.78 is 1.72. The summed E-state index contributed by atoms with van der Waals surface area (Å²) in [5.41, 5.74) is 0.912. The van der Waals surface area contributed by atoms with Crippen LogP contribution in [0.25, 0.3) is 5.69 Å². The molecule has 1 saturated heterocycles. The van der Waals surface area contributed by atoms with Crippen LogP contribution in [0.5, 0.6) is 0 Å². The molecule has 0 saturated carbocycles. The number of hydrogen-bond donors (Lipinski definition) is 1. The first-order chi connectivity index (χ1) is 11.8. The van der Waals surface area contributed by atoms with Crippen molar-refractivity contribution in [2.45, 2.75) is 19.8 Å². The van der Waals surface area contributed by atoms with Gasteiger partial charge >= 0.3 is 6.03 Å². The lowest BCUT2D eigenvalue weighted by Gasteiger charge is -2.21. The highest BCUT2D eigenvalue weighted by Gasteiger charge is 2.19. The van der Waals surface area contributed by atoms with E-state index in [1.807, 2.05) is 23.2 Å². The van der Waals surface area contributed by atoms with E-state index in [2.05, 4.69) is 27.2 Å². The molecule has 1 N–H and O–H groups in total. The van der Waals surface area contributed by atoms with Gasteiger partial charge in [-0.3, -0.25) is 10.3 Å². The normalized spacial score (nSPS) is 16.0. The van der Waals surface area contributed by atoms with Crippen LogP contribution < -0.4 is 5.32 Å². The second kappa shape index (κ2) is 7.92. The number of aromatic nitrogens is 3. The maximum absolute atomic E-state index is 12.5. The summed E-state index contributed by atoms with van der Waals surface area (Å²) in [4.78, 5) is 20.8. The van der Waals surface area contributed by atoms with E-state index in [4.69, 9.17) is 0 Å². The zero-order chi connectivity index (χ0) is 16.8. The molecule has 3 heterocycles. The lowest BCUT2D eigenvalue weighted by molar-refractivity contribution is 0.211. The Labute approximate surface area is 142 Å². The number of pyridine rings is 1. The van der Waals surface area contributed by atoms with Crippen LogP contribution in [0.4, 0.5) is 10.6 Å². The molecule has 2 aromatic rings. The predicted octanol–water partition coefficient (Wildman–Crippen LogP) is 2.22. The largest absolute Gasteiger partial charge is 0.323 e. The van der Waals surface area contributed by atoms with Crippen molar-refractivity contribution >= 4 is 11.8 Å². The molecule has 7 heteroatoms. The third-order valence-corrected chi connectivity index (χ3v) is 4.17. The minimum Gasteiger partial charge on any atom is -0.323 e. The van der Waals surface area contributed by atoms with Crippen LogP contribution in [0.2, 0.25) is 0 Å². The number of rotatable bonds is 4. The molecule has 128 valence electrons. The van der Waals surface area contributed by atoms with Gasteiger partial charge in [-0.1, -0.05) is 6.92 Å². The van der Waals surface area contributed by atoms with Gasteiger partial charge in [0.2, 0.25) is 0 Å². The summed E-state index contributed by atoms with van der Waals surface area (Å²) in [5.74, 6) is 0.562. The van der Waals surface area contributed by atoms with Gasteiger partial charge in [0.1, 0.15) is 0 Å². The molecule has 1 aliphatic heterocycles. The van der Waals surface area contributed by atoms with Gasteiger partial charge in [0.25, 0.3) is 0 Å². The monoisotopic (exact) mass is 328 g/mol. The number of nitrogens with one attached hydrogen (secondary N) is 1. The number of carbonyl (C=O) groups excluding carboxylic acids is 1. The van der Waals surface area contributed by atoms with Crippen molar-refractivity contribution in [3.8, 4) is 5.69 Å². The minimum absolute atomic E-state index is 0.0756. The van der Waals surface area contributed by atoms with Crippen LogP contribution in [-0.4, -0.2) is 63.3 Å². The molecule has 1 aliphatic rings. The first-order valence-electron chi connectivity index (χ1n) is 8.50. The number of urea groups is 1. The summed E-state index contributed by atoms with van der Waals surface area (Å²) in [5, 5.41) is 7.30. The van der Waals surface area contributed by atoms with Crippen molar-refractivity contribution in [1.82, 2.24) is 24.6 Å². The van der Waals surface area contributed by atoms with Crippen molar-refractivity contribution < 1.29 is 4.79 Å². The SMILES string of the molecule is CCCN1CCCN(C(=O)Nc2ccn(-c3ccncc3)n2)CC1. The fraction of sp³-hybridized carbons (Fsp3) is 0.471. The van der Waals surface area contributed by atoms with Gasteiger partial charge in [0, 0.05) is 44.3 Å². The molecule has 0 unspecified atom stereocenters. The topological polar surface area (TPSA) is 66.3 Å². The van der Waals surface area contributed by atoms with Crippen LogP contribution in [0.1, 0.15) is 19.8 Å².